The SMILES string of the molecule is O=S(=O)(O)CCO.O=S(=O)(O)c1ccc2ccccc2c1S(=O)(=O)O. The maximum absolute atomic E-state index is 11.3. The van der Waals surface area contributed by atoms with Crippen LogP contribution >= 0.6 is 0 Å². The molecule has 0 saturated carbocycles. The van der Waals surface area contributed by atoms with Gasteiger partial charge in [-0.15, -0.1) is 0 Å². The highest BCUT2D eigenvalue weighted by Crippen LogP contribution is 2.29. The molecule has 140 valence electrons. The molecule has 0 heterocycles. The maximum atomic E-state index is 11.3. The van der Waals surface area contributed by atoms with Crippen LogP contribution < -0.4 is 0 Å². The summed E-state index contributed by atoms with van der Waals surface area (Å²) in [5.74, 6) is -0.576. The molecule has 0 spiro atoms. The molecule has 10 nitrogen and oxygen atoms in total. The minimum absolute atomic E-state index is 0.0233. The zero-order valence-electron chi connectivity index (χ0n) is 12.3. The van der Waals surface area contributed by atoms with Crippen LogP contribution in [0.1, 0.15) is 0 Å². The Balaban J connectivity index is 0.000000381. The zero-order valence-corrected chi connectivity index (χ0v) is 14.8. The van der Waals surface area contributed by atoms with Crippen molar-refractivity contribution in [2.45, 2.75) is 9.79 Å². The van der Waals surface area contributed by atoms with Crippen molar-refractivity contribution in [2.24, 2.45) is 0 Å². The lowest BCUT2D eigenvalue weighted by molar-refractivity contribution is 0.315. The first kappa shape index (κ1) is 21.4. The smallest absolute Gasteiger partial charge is 0.296 e. The van der Waals surface area contributed by atoms with Crippen molar-refractivity contribution in [3.05, 3.63) is 36.4 Å². The average molecular weight is 414 g/mol. The van der Waals surface area contributed by atoms with Gasteiger partial charge in [-0.25, -0.2) is 0 Å². The molecule has 0 radical (unpaired) electrons. The van der Waals surface area contributed by atoms with Gasteiger partial charge < -0.3 is 5.11 Å². The number of fused-ring (bicyclic) bond motifs is 1. The van der Waals surface area contributed by atoms with Crippen LogP contribution in [0.2, 0.25) is 0 Å². The Bertz CT molecular complexity index is 1070. The Morgan fingerprint density at radius 2 is 1.32 bits per heavy atom. The van der Waals surface area contributed by atoms with E-state index in [2.05, 4.69) is 0 Å². The first-order chi connectivity index (χ1) is 11.3. The van der Waals surface area contributed by atoms with E-state index in [1.54, 1.807) is 12.1 Å². The van der Waals surface area contributed by atoms with Crippen molar-refractivity contribution >= 4 is 41.1 Å². The fourth-order valence-electron chi connectivity index (χ4n) is 1.81. The summed E-state index contributed by atoms with van der Waals surface area (Å²) in [4.78, 5) is -1.66. The second-order valence-electron chi connectivity index (χ2n) is 4.57. The molecule has 2 aromatic carbocycles. The average Bonchev–Trinajstić information content (AvgIpc) is 2.43. The molecule has 0 fully saturated rings. The molecule has 2 aromatic rings. The summed E-state index contributed by atoms with van der Waals surface area (Å²) in [6.07, 6.45) is 0. The summed E-state index contributed by atoms with van der Waals surface area (Å²) in [5, 5.41) is 8.31. The van der Waals surface area contributed by atoms with Gasteiger partial charge in [-0.3, -0.25) is 13.7 Å². The molecule has 0 amide bonds. The van der Waals surface area contributed by atoms with Crippen LogP contribution in [0, 0.1) is 0 Å². The van der Waals surface area contributed by atoms with Crippen molar-refractivity contribution in [2.75, 3.05) is 12.4 Å². The molecule has 2 rings (SSSR count). The van der Waals surface area contributed by atoms with Crippen LogP contribution in [0.4, 0.5) is 0 Å². The summed E-state index contributed by atoms with van der Waals surface area (Å²) in [6, 6.07) is 8.28. The van der Waals surface area contributed by atoms with E-state index in [1.165, 1.54) is 18.2 Å². The van der Waals surface area contributed by atoms with Crippen LogP contribution in [0.25, 0.3) is 10.8 Å². The van der Waals surface area contributed by atoms with Crippen molar-refractivity contribution in [3.63, 3.8) is 0 Å². The maximum Gasteiger partial charge on any atom is 0.296 e. The molecular weight excluding hydrogens is 400 g/mol. The summed E-state index contributed by atoms with van der Waals surface area (Å²) >= 11 is 0. The van der Waals surface area contributed by atoms with Crippen LogP contribution in [-0.4, -0.2) is 56.4 Å². The highest BCUT2D eigenvalue weighted by atomic mass is 32.2. The molecule has 0 aromatic heterocycles. The summed E-state index contributed by atoms with van der Waals surface area (Å²) in [5.41, 5.74) is 0. The largest absolute Gasteiger partial charge is 0.395 e. The molecule has 25 heavy (non-hydrogen) atoms. The van der Waals surface area contributed by atoms with E-state index in [0.717, 1.165) is 6.07 Å². The van der Waals surface area contributed by atoms with Gasteiger partial charge in [0.1, 0.15) is 9.79 Å². The molecule has 0 aliphatic carbocycles. The number of hydrogen-bond acceptors (Lipinski definition) is 7. The molecule has 0 saturated heterocycles. The van der Waals surface area contributed by atoms with Gasteiger partial charge in [0.2, 0.25) is 0 Å². The topological polar surface area (TPSA) is 183 Å². The van der Waals surface area contributed by atoms with Crippen molar-refractivity contribution in [3.8, 4) is 0 Å². The van der Waals surface area contributed by atoms with Gasteiger partial charge >= 0.3 is 0 Å². The van der Waals surface area contributed by atoms with Gasteiger partial charge in [-0.2, -0.15) is 25.3 Å². The van der Waals surface area contributed by atoms with E-state index in [4.69, 9.17) is 18.8 Å². The van der Waals surface area contributed by atoms with E-state index >= 15 is 0 Å². The van der Waals surface area contributed by atoms with Crippen LogP contribution in [0.15, 0.2) is 46.2 Å². The fraction of sp³-hybridized carbons (Fsp3) is 0.167. The van der Waals surface area contributed by atoms with Crippen LogP contribution in [-0.2, 0) is 30.4 Å². The highest BCUT2D eigenvalue weighted by Gasteiger charge is 2.26. The predicted octanol–water partition coefficient (Wildman–Crippen LogP) is 0.200. The van der Waals surface area contributed by atoms with Crippen molar-refractivity contribution in [1.29, 1.82) is 0 Å². The number of aliphatic hydroxyl groups excluding tert-OH is 1. The van der Waals surface area contributed by atoms with Crippen LogP contribution in [0.3, 0.4) is 0 Å². The Morgan fingerprint density at radius 3 is 1.72 bits per heavy atom. The Labute approximate surface area is 144 Å². The third kappa shape index (κ3) is 6.32. The van der Waals surface area contributed by atoms with E-state index < -0.39 is 52.5 Å². The quantitative estimate of drug-likeness (QED) is 0.504. The molecule has 13 heteroatoms. The third-order valence-corrected chi connectivity index (χ3v) is 5.41. The summed E-state index contributed by atoms with van der Waals surface area (Å²) in [6.45, 7) is -0.529. The molecule has 0 bridgehead atoms. The zero-order chi connectivity index (χ0) is 19.5. The second kappa shape index (κ2) is 7.74. The van der Waals surface area contributed by atoms with Gasteiger partial charge in [0.15, 0.2) is 0 Å². The normalized spacial score (nSPS) is 12.5. The molecule has 0 unspecified atom stereocenters. The fourth-order valence-corrected chi connectivity index (χ4v) is 4.04. The molecule has 4 N–H and O–H groups in total. The predicted molar refractivity (Wildman–Crippen MR) is 87.1 cm³/mol. The number of hydrogen-bond donors (Lipinski definition) is 4. The van der Waals surface area contributed by atoms with Gasteiger partial charge in [-0.1, -0.05) is 30.3 Å². The molecule has 0 atom stereocenters. The van der Waals surface area contributed by atoms with Crippen LogP contribution in [0.5, 0.6) is 0 Å². The first-order valence-corrected chi connectivity index (χ1v) is 10.8. The highest BCUT2D eigenvalue weighted by molar-refractivity contribution is 7.89. The molecular formula is C12H14O10S3. The number of rotatable bonds is 4. The van der Waals surface area contributed by atoms with E-state index in [9.17, 15) is 25.3 Å². The summed E-state index contributed by atoms with van der Waals surface area (Å²) in [7, 11) is -13.5. The van der Waals surface area contributed by atoms with E-state index in [-0.39, 0.29) is 5.39 Å². The van der Waals surface area contributed by atoms with Crippen molar-refractivity contribution in [1.82, 2.24) is 0 Å². The van der Waals surface area contributed by atoms with Gasteiger partial charge in [-0.05, 0) is 11.5 Å². The molecule has 0 aliphatic heterocycles. The molecule has 0 aliphatic rings. The van der Waals surface area contributed by atoms with Gasteiger partial charge in [0, 0.05) is 5.39 Å². The second-order valence-corrected chi connectivity index (χ2v) is 8.89. The first-order valence-electron chi connectivity index (χ1n) is 6.30. The standard InChI is InChI=1S/C10H8O6S2.C2H6O4S/c11-17(12,13)9-6-5-7-3-1-2-4-8(7)10(9)18(14,15)16;3-1-2-7(4,5)6/h1-6H,(H,11,12,13)(H,14,15,16);3H,1-2H2,(H,4,5,6). The van der Waals surface area contributed by atoms with Gasteiger partial charge in [0.25, 0.3) is 30.4 Å². The lowest BCUT2D eigenvalue weighted by atomic mass is 10.1. The summed E-state index contributed by atoms with van der Waals surface area (Å²) < 4.78 is 90.0. The van der Waals surface area contributed by atoms with E-state index in [0.29, 0.717) is 5.39 Å². The lowest BCUT2D eigenvalue weighted by Gasteiger charge is -2.08. The van der Waals surface area contributed by atoms with Gasteiger partial charge in [0.05, 0.1) is 12.4 Å². The minimum Gasteiger partial charge on any atom is -0.395 e. The Morgan fingerprint density at radius 1 is 0.760 bits per heavy atom. The number of benzene rings is 2. The van der Waals surface area contributed by atoms with E-state index in [1.807, 2.05) is 0 Å². The number of aliphatic hydroxyl groups is 1. The monoisotopic (exact) mass is 414 g/mol. The lowest BCUT2D eigenvalue weighted by Crippen LogP contribution is -2.09. The minimum atomic E-state index is -4.78. The third-order valence-electron chi connectivity index (χ3n) is 2.73. The Kier molecular flexibility index (Phi) is 6.63. The van der Waals surface area contributed by atoms with Crippen molar-refractivity contribution < 1.29 is 44.0 Å². The Hall–Kier alpha value is -1.61.